The molecule has 3 aliphatic heterocycles. The van der Waals surface area contributed by atoms with Crippen LogP contribution in [0.15, 0.2) is 82.5 Å². The molecule has 1 fully saturated rings. The minimum Gasteiger partial charge on any atom is -0.456 e. The molecule has 3 aromatic carbocycles. The predicted molar refractivity (Wildman–Crippen MR) is 406 cm³/mol. The summed E-state index contributed by atoms with van der Waals surface area (Å²) in [5, 5.41) is 15.9. The molecule has 1 aromatic heterocycles. The number of aromatic amines is 1. The second-order valence-corrected chi connectivity index (χ2v) is 31.9. The largest absolute Gasteiger partial charge is 0.471 e. The number of nitrogens with one attached hydrogen (secondary N) is 4. The van der Waals surface area contributed by atoms with E-state index >= 15 is 0 Å². The van der Waals surface area contributed by atoms with Gasteiger partial charge in [-0.1, -0.05) is 43.9 Å². The van der Waals surface area contributed by atoms with Gasteiger partial charge in [-0.15, -0.1) is 0 Å². The molecule has 3 amide bonds. The van der Waals surface area contributed by atoms with Crippen LogP contribution in [0.1, 0.15) is 210 Å². The normalized spacial score (nSPS) is 16.8. The van der Waals surface area contributed by atoms with E-state index in [9.17, 15) is 51.5 Å². The topological polar surface area (TPSA) is 320 Å². The van der Waals surface area contributed by atoms with Crippen molar-refractivity contribution in [2.24, 2.45) is 10.8 Å². The number of rotatable bonds is 36. The third-order valence-electron chi connectivity index (χ3n) is 16.6. The second-order valence-electron chi connectivity index (χ2n) is 29.0. The molecule has 27 nitrogen and oxygen atoms in total. The van der Waals surface area contributed by atoms with Gasteiger partial charge in [0.2, 0.25) is 18.4 Å². The van der Waals surface area contributed by atoms with Crippen LogP contribution in [0, 0.1) is 28.7 Å². The van der Waals surface area contributed by atoms with Gasteiger partial charge in [-0.3, -0.25) is 38.3 Å². The Bertz CT molecular complexity index is 3890. The summed E-state index contributed by atoms with van der Waals surface area (Å²) in [5.74, 6) is -2.41. The monoisotopic (exact) mass is 1570 g/mol. The number of carbonyl (C=O) groups excluding carboxylic acids is 6. The Labute approximate surface area is 642 Å². The van der Waals surface area contributed by atoms with Crippen LogP contribution in [0.3, 0.4) is 0 Å². The molecule has 32 heteroatoms. The van der Waals surface area contributed by atoms with Crippen LogP contribution in [0.5, 0.6) is 23.0 Å². The molecule has 0 aliphatic carbocycles. The molecule has 4 N–H and O–H groups in total. The van der Waals surface area contributed by atoms with Gasteiger partial charge in [-0.05, 0) is 159 Å². The summed E-state index contributed by atoms with van der Waals surface area (Å²) in [6.45, 7) is 37.7. The number of carbonyl (C=O) groups is 6. The fourth-order valence-corrected chi connectivity index (χ4v) is 14.8. The maximum Gasteiger partial charge on any atom is 0.471 e. The summed E-state index contributed by atoms with van der Waals surface area (Å²) in [7, 11) is -4.43. The molecule has 4 heterocycles. The third-order valence-corrected chi connectivity index (χ3v) is 20.9. The molecule has 0 radical (unpaired) electrons. The van der Waals surface area contributed by atoms with Gasteiger partial charge in [0.05, 0.1) is 63.1 Å². The van der Waals surface area contributed by atoms with Crippen molar-refractivity contribution in [3.05, 3.63) is 133 Å². The lowest BCUT2D eigenvalue weighted by atomic mass is 9.77. The molecule has 7 rings (SSSR count). The van der Waals surface area contributed by atoms with Gasteiger partial charge < -0.3 is 67.3 Å². The van der Waals surface area contributed by atoms with Crippen LogP contribution in [-0.4, -0.2) is 157 Å². The van der Waals surface area contributed by atoms with Crippen molar-refractivity contribution >= 4 is 58.8 Å². The van der Waals surface area contributed by atoms with Crippen molar-refractivity contribution in [2.75, 3.05) is 59.7 Å². The van der Waals surface area contributed by atoms with Crippen molar-refractivity contribution < 1.29 is 91.2 Å². The van der Waals surface area contributed by atoms with Crippen molar-refractivity contribution in [1.29, 1.82) is 5.26 Å². The first-order chi connectivity index (χ1) is 52.2. The molecule has 3 aliphatic rings. The van der Waals surface area contributed by atoms with E-state index in [0.29, 0.717) is 103 Å². The van der Waals surface area contributed by atoms with Crippen molar-refractivity contribution in [3.63, 3.8) is 0 Å². The van der Waals surface area contributed by atoms with Gasteiger partial charge in [0.15, 0.2) is 5.60 Å². The highest BCUT2D eigenvalue weighted by Gasteiger charge is 2.54. The average Bonchev–Trinajstić information content (AvgIpc) is 1.58. The highest BCUT2D eigenvalue weighted by molar-refractivity contribution is 7.44. The Hall–Kier alpha value is -7.99. The number of ether oxygens (including phenoxy) is 6. The van der Waals surface area contributed by atoms with Gasteiger partial charge in [-0.25, -0.2) is 25.5 Å². The molecule has 1 spiro atoms. The number of alkyl halides is 3. The average molecular weight is 1570 g/mol. The minimum absolute atomic E-state index is 0.0105. The first kappa shape index (κ1) is 88.2. The number of halogens is 3. The standard InChI is InChI=1S/C30H46F3N6O8P.C30H28O7.C17H34N3O3P/c1-20(2)39(21(3)4)48(45-16-15-34-5)47-23-17-26(46-24(23)19-44-6)38-18-22(27(41)37-29(38)43)11-12-25(40)35-13-9-7-8-10-14-36-28(42)30(31,32)33;1-28(2,3)26(32)34-17-11-13-21-23(15-17)36-24-16-18(35-27(33)29(4,5)6)12-14-22(24)30(21)20-10-8-7-9-19(20)25(31)37-30;1-15(2)20(16(3)4)24(23-14-10-11-18)22-13-9-7-6-8-12-19-17(5)21/h11-12,18,20-21,23-24,26H,7-10,13-17,19H2,1-4,6H3,(H,35,40)(H,36,42)(H,37,41,43);7-16H,1-6H3;15-16H,6-10,12-14H2,1-5H3,(H,19,21)/b12-11+;;/i6TD;;. The number of esters is 3. The zero-order valence-electron chi connectivity index (χ0n) is 67.0. The van der Waals surface area contributed by atoms with Gasteiger partial charge in [-0.2, -0.15) is 18.4 Å². The molecule has 6 unspecified atom stereocenters. The number of benzene rings is 3. The Balaban J connectivity index is 0.000000317. The molecule has 109 heavy (non-hydrogen) atoms. The number of amides is 3. The molecule has 0 bridgehead atoms. The lowest BCUT2D eigenvalue weighted by Gasteiger charge is -2.37. The highest BCUT2D eigenvalue weighted by Crippen LogP contribution is 2.57. The number of unbranched alkanes of at least 4 members (excludes halogenated alkanes) is 6. The highest BCUT2D eigenvalue weighted by atomic mass is 31.2. The van der Waals surface area contributed by atoms with E-state index in [2.05, 4.69) is 58.9 Å². The molecule has 600 valence electrons. The van der Waals surface area contributed by atoms with Gasteiger partial charge >= 0.3 is 35.7 Å². The van der Waals surface area contributed by atoms with Crippen LogP contribution in [0.25, 0.3) is 10.9 Å². The lowest BCUT2D eigenvalue weighted by molar-refractivity contribution is -0.173. The maximum atomic E-state index is 13.0. The van der Waals surface area contributed by atoms with E-state index in [1.165, 1.54) is 19.2 Å². The minimum atomic E-state index is -4.92. The second kappa shape index (κ2) is 43.6. The van der Waals surface area contributed by atoms with Gasteiger partial charge in [0.1, 0.15) is 41.9 Å². The number of nitrogens with zero attached hydrogens (tertiary/aromatic N) is 5. The fraction of sp³-hybridized carbons (Fsp3) is 0.584. The van der Waals surface area contributed by atoms with E-state index in [1.54, 1.807) is 95.4 Å². The van der Waals surface area contributed by atoms with E-state index in [0.717, 1.165) is 42.9 Å². The quantitative estimate of drug-likeness (QED) is 0.00821. The lowest BCUT2D eigenvalue weighted by Crippen LogP contribution is -2.37. The summed E-state index contributed by atoms with van der Waals surface area (Å²) in [5.41, 5.74) is -1.91. The SMILES string of the molecule is CC(=O)NCCCCCCOP(OCCC#N)N(C(C)C)C(C)C.CC(C)(C)C(=O)Oc1ccc2c(c1)Oc1cc(OC(=O)C(C)(C)C)ccc1C21OC(=O)c2ccccc21.[2H]C([3H])OCC1OC(n2cc(/C=C/C(=O)NCCCCCCNC(=O)C(F)(F)F)c(=O)[nH]c2=O)CC1OP(OCC[N+]#[C-])N(C(C)C)C(C)C. The fourth-order valence-electron chi connectivity index (χ4n) is 11.4. The Kier molecular flexibility index (Phi) is 35.3. The Morgan fingerprint density at radius 3 is 1.83 bits per heavy atom. The molecule has 1 saturated heterocycles. The first-order valence-corrected chi connectivity index (χ1v) is 38.7. The van der Waals surface area contributed by atoms with Crippen LogP contribution < -0.4 is 41.4 Å². The first-order valence-electron chi connectivity index (χ1n) is 37.6. The van der Waals surface area contributed by atoms with Gasteiger partial charge in [0, 0.05) is 105 Å². The third kappa shape index (κ3) is 27.8. The summed E-state index contributed by atoms with van der Waals surface area (Å²) in [4.78, 5) is 103. The van der Waals surface area contributed by atoms with E-state index in [4.69, 9.17) is 61.1 Å². The van der Waals surface area contributed by atoms with Crippen LogP contribution in [0.4, 0.5) is 13.2 Å². The molecule has 6 atom stereocenters. The Morgan fingerprint density at radius 2 is 1.29 bits per heavy atom. The number of aromatic nitrogens is 2. The number of nitriles is 1. The van der Waals surface area contributed by atoms with Crippen LogP contribution >= 0.6 is 17.1 Å². The van der Waals surface area contributed by atoms with Crippen molar-refractivity contribution in [1.82, 2.24) is 34.8 Å². The zero-order chi connectivity index (χ0) is 82.6. The smallest absolute Gasteiger partial charge is 0.456 e. The van der Waals surface area contributed by atoms with E-state index in [1.807, 2.05) is 44.5 Å². The van der Waals surface area contributed by atoms with Gasteiger partial charge in [0.25, 0.3) is 22.6 Å². The number of H-pyrrole nitrogens is 1. The summed E-state index contributed by atoms with van der Waals surface area (Å²) in [6, 6.07) is 20.0. The van der Waals surface area contributed by atoms with Crippen LogP contribution in [-0.2, 0) is 61.9 Å². The number of fused-ring (bicyclic) bond motifs is 6. The Morgan fingerprint density at radius 1 is 0.761 bits per heavy atom. The summed E-state index contributed by atoms with van der Waals surface area (Å²) >= 11 is 0. The molecular weight excluding hydrogens is 1460 g/mol. The zero-order valence-corrected chi connectivity index (χ0v) is 66.8. The summed E-state index contributed by atoms with van der Waals surface area (Å²) in [6.07, 6.45) is 2.81. The number of methoxy groups -OCH3 is 1. The summed E-state index contributed by atoms with van der Waals surface area (Å²) < 4.78 is 116. The van der Waals surface area contributed by atoms with E-state index < -0.39 is 106 Å². The molecular formula is C77H108F3N9O18P2. The maximum absolute atomic E-state index is 13.0. The van der Waals surface area contributed by atoms with Crippen molar-refractivity contribution in [2.45, 2.75) is 222 Å². The van der Waals surface area contributed by atoms with Crippen molar-refractivity contribution in [3.8, 4) is 29.1 Å². The molecule has 4 aromatic rings. The van der Waals surface area contributed by atoms with Crippen LogP contribution in [0.2, 0.25) is 0 Å². The number of hydrogen-bond acceptors (Lipinski definition) is 21. The predicted octanol–water partition coefficient (Wildman–Crippen LogP) is 13.6. The van der Waals surface area contributed by atoms with E-state index in [-0.39, 0.29) is 62.8 Å². The molecule has 0 saturated carbocycles. The number of hydrogen-bond donors (Lipinski definition) is 4.